The number of halogens is 1. The van der Waals surface area contributed by atoms with Gasteiger partial charge in [0.1, 0.15) is 5.15 Å². The van der Waals surface area contributed by atoms with Crippen LogP contribution < -0.4 is 5.32 Å². The van der Waals surface area contributed by atoms with Crippen molar-refractivity contribution in [2.75, 3.05) is 12.8 Å². The first kappa shape index (κ1) is 13.3. The first-order valence-electron chi connectivity index (χ1n) is 4.89. The van der Waals surface area contributed by atoms with E-state index in [2.05, 4.69) is 24.1 Å². The molecule has 0 aromatic carbocycles. The van der Waals surface area contributed by atoms with E-state index in [1.54, 1.807) is 23.9 Å². The molecule has 1 aromatic heterocycles. The number of pyridine rings is 1. The third-order valence-corrected chi connectivity index (χ3v) is 3.69. The van der Waals surface area contributed by atoms with Gasteiger partial charge in [0.15, 0.2) is 0 Å². The summed E-state index contributed by atoms with van der Waals surface area (Å²) >= 11 is 7.36. The minimum absolute atomic E-state index is 0.0372. The van der Waals surface area contributed by atoms with E-state index in [0.717, 1.165) is 0 Å². The summed E-state index contributed by atoms with van der Waals surface area (Å²) in [4.78, 5) is 15.6. The van der Waals surface area contributed by atoms with Gasteiger partial charge in [0.05, 0.1) is 5.56 Å². The molecule has 0 atom stereocenters. The molecule has 1 aromatic rings. The number of hydrogen-bond acceptors (Lipinski definition) is 3. The third-order valence-electron chi connectivity index (χ3n) is 2.22. The Morgan fingerprint density at radius 3 is 2.75 bits per heavy atom. The third kappa shape index (κ3) is 4.02. The van der Waals surface area contributed by atoms with Gasteiger partial charge < -0.3 is 5.32 Å². The number of hydrogen-bond donors (Lipinski definition) is 1. The summed E-state index contributed by atoms with van der Waals surface area (Å²) in [6.45, 7) is 4.78. The fourth-order valence-electron chi connectivity index (χ4n) is 0.978. The van der Waals surface area contributed by atoms with Crippen molar-refractivity contribution in [2.24, 2.45) is 0 Å². The summed E-state index contributed by atoms with van der Waals surface area (Å²) < 4.78 is 0.0372. The molecule has 0 spiro atoms. The van der Waals surface area contributed by atoms with E-state index in [4.69, 9.17) is 11.6 Å². The zero-order chi connectivity index (χ0) is 12.2. The molecule has 1 amide bonds. The van der Waals surface area contributed by atoms with Crippen LogP contribution in [0.15, 0.2) is 18.3 Å². The lowest BCUT2D eigenvalue weighted by Crippen LogP contribution is -2.36. The van der Waals surface area contributed by atoms with Gasteiger partial charge in [0.25, 0.3) is 5.91 Å². The summed E-state index contributed by atoms with van der Waals surface area (Å²) in [6, 6.07) is 3.27. The molecule has 0 aliphatic carbocycles. The van der Waals surface area contributed by atoms with Gasteiger partial charge in [0, 0.05) is 17.5 Å². The molecule has 0 bridgehead atoms. The maximum absolute atomic E-state index is 11.7. The Labute approximate surface area is 105 Å². The molecule has 1 heterocycles. The van der Waals surface area contributed by atoms with E-state index < -0.39 is 0 Å². The van der Waals surface area contributed by atoms with Crippen molar-refractivity contribution in [3.8, 4) is 0 Å². The Bertz CT molecular complexity index is 365. The Hall–Kier alpha value is -0.740. The molecule has 0 unspecified atom stereocenters. The number of thioether (sulfide) groups is 1. The van der Waals surface area contributed by atoms with Gasteiger partial charge in [-0.2, -0.15) is 11.8 Å². The quantitative estimate of drug-likeness (QED) is 0.845. The van der Waals surface area contributed by atoms with Crippen LogP contribution in [0.25, 0.3) is 0 Å². The molecule has 0 saturated carbocycles. The molecule has 0 saturated heterocycles. The maximum atomic E-state index is 11.7. The van der Waals surface area contributed by atoms with Crippen molar-refractivity contribution < 1.29 is 4.79 Å². The molecule has 16 heavy (non-hydrogen) atoms. The van der Waals surface area contributed by atoms with Crippen molar-refractivity contribution in [1.29, 1.82) is 0 Å². The molecule has 5 heteroatoms. The zero-order valence-electron chi connectivity index (χ0n) is 9.58. The van der Waals surface area contributed by atoms with Crippen LogP contribution in [0.3, 0.4) is 0 Å². The lowest BCUT2D eigenvalue weighted by Gasteiger charge is -2.22. The molecule has 88 valence electrons. The summed E-state index contributed by atoms with van der Waals surface area (Å²) in [6.07, 6.45) is 3.50. The van der Waals surface area contributed by atoms with E-state index in [-0.39, 0.29) is 10.7 Å². The SMILES string of the molecule is CSC(C)(C)CNC(=O)c1ccc(Cl)nc1. The smallest absolute Gasteiger partial charge is 0.252 e. The average Bonchev–Trinajstić information content (AvgIpc) is 2.27. The average molecular weight is 259 g/mol. The second kappa shape index (κ2) is 5.55. The lowest BCUT2D eigenvalue weighted by atomic mass is 10.2. The van der Waals surface area contributed by atoms with E-state index in [1.807, 2.05) is 6.26 Å². The van der Waals surface area contributed by atoms with Gasteiger partial charge in [-0.25, -0.2) is 4.98 Å². The number of amides is 1. The van der Waals surface area contributed by atoms with Crippen LogP contribution in [0, 0.1) is 0 Å². The highest BCUT2D eigenvalue weighted by Crippen LogP contribution is 2.19. The topological polar surface area (TPSA) is 42.0 Å². The van der Waals surface area contributed by atoms with Crippen molar-refractivity contribution in [3.63, 3.8) is 0 Å². The Balaban J connectivity index is 2.56. The summed E-state index contributed by atoms with van der Waals surface area (Å²) in [7, 11) is 0. The minimum atomic E-state index is -0.119. The van der Waals surface area contributed by atoms with Gasteiger partial charge in [-0.15, -0.1) is 0 Å². The minimum Gasteiger partial charge on any atom is -0.351 e. The second-order valence-corrected chi connectivity index (χ2v) is 5.92. The van der Waals surface area contributed by atoms with Gasteiger partial charge in [-0.3, -0.25) is 4.79 Å². The summed E-state index contributed by atoms with van der Waals surface area (Å²) in [5.41, 5.74) is 0.529. The molecule has 1 N–H and O–H groups in total. The predicted octanol–water partition coefficient (Wildman–Crippen LogP) is 2.61. The summed E-state index contributed by atoms with van der Waals surface area (Å²) in [5.74, 6) is -0.119. The van der Waals surface area contributed by atoms with Crippen molar-refractivity contribution in [3.05, 3.63) is 29.0 Å². The normalized spacial score (nSPS) is 11.2. The highest BCUT2D eigenvalue weighted by Gasteiger charge is 2.17. The van der Waals surface area contributed by atoms with Crippen LogP contribution in [0.2, 0.25) is 5.15 Å². The number of rotatable bonds is 4. The molecule has 1 rings (SSSR count). The first-order valence-corrected chi connectivity index (χ1v) is 6.50. The van der Waals surface area contributed by atoms with Crippen LogP contribution >= 0.6 is 23.4 Å². The first-order chi connectivity index (χ1) is 7.44. The number of carbonyl (C=O) groups excluding carboxylic acids is 1. The zero-order valence-corrected chi connectivity index (χ0v) is 11.2. The van der Waals surface area contributed by atoms with Crippen LogP contribution in [-0.4, -0.2) is 28.4 Å². The van der Waals surface area contributed by atoms with E-state index in [1.165, 1.54) is 6.20 Å². The maximum Gasteiger partial charge on any atom is 0.252 e. The monoisotopic (exact) mass is 258 g/mol. The Morgan fingerprint density at radius 2 is 2.25 bits per heavy atom. The van der Waals surface area contributed by atoms with Crippen molar-refractivity contribution >= 4 is 29.3 Å². The van der Waals surface area contributed by atoms with Crippen molar-refractivity contribution in [2.45, 2.75) is 18.6 Å². The molecule has 0 fully saturated rings. The van der Waals surface area contributed by atoms with Crippen LogP contribution in [-0.2, 0) is 0 Å². The molecule has 0 radical (unpaired) electrons. The van der Waals surface area contributed by atoms with Crippen LogP contribution in [0.4, 0.5) is 0 Å². The van der Waals surface area contributed by atoms with Gasteiger partial charge in [-0.05, 0) is 32.2 Å². The summed E-state index contributed by atoms with van der Waals surface area (Å²) in [5, 5.41) is 3.26. The molecule has 0 aliphatic rings. The van der Waals surface area contributed by atoms with Gasteiger partial charge in [-0.1, -0.05) is 11.6 Å². The van der Waals surface area contributed by atoms with Crippen LogP contribution in [0.5, 0.6) is 0 Å². The predicted molar refractivity (Wildman–Crippen MR) is 69.2 cm³/mol. The number of nitrogens with zero attached hydrogens (tertiary/aromatic N) is 1. The number of nitrogens with one attached hydrogen (secondary N) is 1. The highest BCUT2D eigenvalue weighted by molar-refractivity contribution is 7.99. The largest absolute Gasteiger partial charge is 0.351 e. The van der Waals surface area contributed by atoms with E-state index in [0.29, 0.717) is 17.3 Å². The number of carbonyl (C=O) groups is 1. The van der Waals surface area contributed by atoms with Gasteiger partial charge in [0.2, 0.25) is 0 Å². The standard InChI is InChI=1S/C11H15ClN2OS/c1-11(2,16-3)7-14-10(15)8-4-5-9(12)13-6-8/h4-6H,7H2,1-3H3,(H,14,15). The molecule has 3 nitrogen and oxygen atoms in total. The Kier molecular flexibility index (Phi) is 4.62. The van der Waals surface area contributed by atoms with Gasteiger partial charge >= 0.3 is 0 Å². The van der Waals surface area contributed by atoms with E-state index >= 15 is 0 Å². The van der Waals surface area contributed by atoms with Crippen LogP contribution in [0.1, 0.15) is 24.2 Å². The second-order valence-electron chi connectivity index (χ2n) is 4.02. The number of aromatic nitrogens is 1. The highest BCUT2D eigenvalue weighted by atomic mass is 35.5. The van der Waals surface area contributed by atoms with E-state index in [9.17, 15) is 4.79 Å². The fourth-order valence-corrected chi connectivity index (χ4v) is 1.31. The molecular weight excluding hydrogens is 244 g/mol. The molecule has 0 aliphatic heterocycles. The molecular formula is C11H15ClN2OS. The van der Waals surface area contributed by atoms with Crippen molar-refractivity contribution in [1.82, 2.24) is 10.3 Å². The Morgan fingerprint density at radius 1 is 1.56 bits per heavy atom. The fraction of sp³-hybridized carbons (Fsp3) is 0.455. The lowest BCUT2D eigenvalue weighted by molar-refractivity contribution is 0.0950.